The van der Waals surface area contributed by atoms with Crippen molar-refractivity contribution in [2.45, 2.75) is 35.8 Å². The molecule has 6 rings (SSSR count). The van der Waals surface area contributed by atoms with Crippen molar-refractivity contribution < 1.29 is 17.6 Å². The molecule has 2 aliphatic rings. The average molecular weight is 524 g/mol. The number of carbonyl (C=O) groups is 1. The number of ketones is 1. The fourth-order valence-electron chi connectivity index (χ4n) is 5.35. The van der Waals surface area contributed by atoms with Crippen molar-refractivity contribution in [1.29, 1.82) is 0 Å². The second-order valence-electron chi connectivity index (χ2n) is 9.33. The van der Waals surface area contributed by atoms with Gasteiger partial charge in [0.25, 0.3) is 0 Å². The van der Waals surface area contributed by atoms with Gasteiger partial charge in [-0.25, -0.2) is 22.5 Å². The van der Waals surface area contributed by atoms with Crippen molar-refractivity contribution in [3.8, 4) is 5.69 Å². The minimum atomic E-state index is -3.65. The van der Waals surface area contributed by atoms with E-state index >= 15 is 0 Å². The minimum Gasteiger partial charge on any atom is -0.356 e. The first-order valence-corrected chi connectivity index (χ1v) is 13.9. The summed E-state index contributed by atoms with van der Waals surface area (Å²) in [6.07, 6.45) is 8.04. The topological polar surface area (TPSA) is 99.7 Å². The van der Waals surface area contributed by atoms with Gasteiger partial charge in [0.05, 0.1) is 32.6 Å². The maximum Gasteiger partial charge on any atom is 0.201 e. The second-order valence-corrected chi connectivity index (χ2v) is 12.4. The summed E-state index contributed by atoms with van der Waals surface area (Å²) in [6.45, 7) is 0. The molecule has 0 N–H and O–H groups in total. The lowest BCUT2D eigenvalue weighted by atomic mass is 9.62. The maximum atomic E-state index is 14.0. The van der Waals surface area contributed by atoms with Gasteiger partial charge >= 0.3 is 0 Å². The monoisotopic (exact) mass is 523 g/mol. The van der Waals surface area contributed by atoms with Gasteiger partial charge in [0.15, 0.2) is 14.8 Å². The highest BCUT2D eigenvalue weighted by molar-refractivity contribution is 7.92. The summed E-state index contributed by atoms with van der Waals surface area (Å²) in [6, 6.07) is 7.55. The van der Waals surface area contributed by atoms with Crippen LogP contribution in [-0.2, 0) is 23.3 Å². The van der Waals surface area contributed by atoms with E-state index in [1.165, 1.54) is 23.5 Å². The number of hydrogen-bond acceptors (Lipinski definition) is 7. The first kappa shape index (κ1) is 23.0. The van der Waals surface area contributed by atoms with E-state index in [0.29, 0.717) is 29.2 Å². The van der Waals surface area contributed by atoms with Crippen molar-refractivity contribution in [3.05, 3.63) is 82.1 Å². The van der Waals surface area contributed by atoms with Gasteiger partial charge in [0.2, 0.25) is 5.78 Å². The van der Waals surface area contributed by atoms with Gasteiger partial charge in [-0.3, -0.25) is 4.79 Å². The molecule has 0 bridgehead atoms. The number of aryl methyl sites for hydroxylation is 1. The standard InChI is InChI=1S/C25H22FN5O3S2/c1-30-10-8-20(15-30)36(33,34)19-7-2-16-12-22-21(28-29-31(22)18-5-3-17(26)4-6-18)14-25(16,13-19)23(32)24-27-9-11-35-24/h3-6,8-12,15,19H,2,7,13-14H2,1H3/t19-,25+/m0/s1. The van der Waals surface area contributed by atoms with Gasteiger partial charge in [0.1, 0.15) is 5.82 Å². The highest BCUT2D eigenvalue weighted by atomic mass is 32.2. The van der Waals surface area contributed by atoms with Crippen molar-refractivity contribution in [2.75, 3.05) is 0 Å². The number of allylic oxidation sites excluding steroid dienone is 1. The molecule has 0 aliphatic heterocycles. The predicted octanol–water partition coefficient (Wildman–Crippen LogP) is 4.04. The van der Waals surface area contributed by atoms with Gasteiger partial charge < -0.3 is 4.57 Å². The fraction of sp³-hybridized carbons (Fsp3) is 0.280. The van der Waals surface area contributed by atoms with E-state index in [1.807, 2.05) is 6.08 Å². The molecular formula is C25H22FN5O3S2. The molecular weight excluding hydrogens is 501 g/mol. The number of benzene rings is 1. The zero-order chi connectivity index (χ0) is 25.1. The molecule has 2 aliphatic carbocycles. The van der Waals surface area contributed by atoms with Crippen LogP contribution in [0, 0.1) is 11.2 Å². The quantitative estimate of drug-likeness (QED) is 0.366. The summed E-state index contributed by atoms with van der Waals surface area (Å²) >= 11 is 1.25. The number of thiazole rings is 1. The van der Waals surface area contributed by atoms with E-state index in [9.17, 15) is 17.6 Å². The molecule has 8 nitrogen and oxygen atoms in total. The predicted molar refractivity (Wildman–Crippen MR) is 132 cm³/mol. The molecule has 1 saturated carbocycles. The first-order valence-electron chi connectivity index (χ1n) is 11.5. The molecule has 1 fully saturated rings. The normalized spacial score (nSPS) is 21.5. The van der Waals surface area contributed by atoms with E-state index in [1.54, 1.807) is 58.5 Å². The molecule has 3 aromatic heterocycles. The number of rotatable bonds is 5. The lowest BCUT2D eigenvalue weighted by Crippen LogP contribution is -2.45. The zero-order valence-electron chi connectivity index (χ0n) is 19.3. The summed E-state index contributed by atoms with van der Waals surface area (Å²) < 4.78 is 43.9. The number of nitrogens with zero attached hydrogens (tertiary/aromatic N) is 5. The molecule has 0 unspecified atom stereocenters. The van der Waals surface area contributed by atoms with Crippen LogP contribution >= 0.6 is 11.3 Å². The molecule has 0 spiro atoms. The smallest absolute Gasteiger partial charge is 0.201 e. The Balaban J connectivity index is 1.45. The molecule has 36 heavy (non-hydrogen) atoms. The van der Waals surface area contributed by atoms with Crippen LogP contribution in [0.5, 0.6) is 0 Å². The Bertz CT molecular complexity index is 1600. The molecule has 11 heteroatoms. The van der Waals surface area contributed by atoms with E-state index in [2.05, 4.69) is 15.3 Å². The molecule has 184 valence electrons. The lowest BCUT2D eigenvalue weighted by Gasteiger charge is -2.42. The molecule has 4 aromatic rings. The number of fused-ring (bicyclic) bond motifs is 2. The van der Waals surface area contributed by atoms with Crippen LogP contribution in [0.3, 0.4) is 0 Å². The number of halogens is 1. The van der Waals surface area contributed by atoms with Crippen molar-refractivity contribution in [1.82, 2.24) is 24.5 Å². The maximum absolute atomic E-state index is 14.0. The summed E-state index contributed by atoms with van der Waals surface area (Å²) in [4.78, 5) is 18.5. The second kappa shape index (κ2) is 8.31. The van der Waals surface area contributed by atoms with Gasteiger partial charge in [-0.05, 0) is 55.7 Å². The number of hydrogen-bond donors (Lipinski definition) is 0. The van der Waals surface area contributed by atoms with Gasteiger partial charge in [-0.15, -0.1) is 16.4 Å². The third kappa shape index (κ3) is 3.56. The van der Waals surface area contributed by atoms with Crippen LogP contribution in [-0.4, -0.2) is 44.0 Å². The summed E-state index contributed by atoms with van der Waals surface area (Å²) in [5.41, 5.74) is 1.77. The van der Waals surface area contributed by atoms with Crippen LogP contribution in [0.15, 0.2) is 64.8 Å². The van der Waals surface area contributed by atoms with Gasteiger partial charge in [0, 0.05) is 37.4 Å². The van der Waals surface area contributed by atoms with Crippen LogP contribution in [0.4, 0.5) is 4.39 Å². The molecule has 2 atom stereocenters. The number of aromatic nitrogens is 5. The van der Waals surface area contributed by atoms with Gasteiger partial charge in [-0.2, -0.15) is 0 Å². The van der Waals surface area contributed by atoms with Gasteiger partial charge in [-0.1, -0.05) is 10.8 Å². The summed E-state index contributed by atoms with van der Waals surface area (Å²) in [5.74, 6) is -0.532. The minimum absolute atomic E-state index is 0.150. The third-order valence-electron chi connectivity index (χ3n) is 7.19. The van der Waals surface area contributed by atoms with Crippen LogP contribution in [0.1, 0.15) is 40.5 Å². The van der Waals surface area contributed by atoms with E-state index in [-0.39, 0.29) is 29.3 Å². The molecule has 1 aromatic carbocycles. The highest BCUT2D eigenvalue weighted by Crippen LogP contribution is 2.51. The Morgan fingerprint density at radius 2 is 2.03 bits per heavy atom. The van der Waals surface area contributed by atoms with Crippen LogP contribution in [0.25, 0.3) is 11.8 Å². The molecule has 0 radical (unpaired) electrons. The number of sulfone groups is 1. The van der Waals surface area contributed by atoms with Crippen molar-refractivity contribution >= 4 is 33.0 Å². The zero-order valence-corrected chi connectivity index (χ0v) is 21.0. The van der Waals surface area contributed by atoms with Crippen molar-refractivity contribution in [3.63, 3.8) is 0 Å². The third-order valence-corrected chi connectivity index (χ3v) is 10.1. The Kier molecular flexibility index (Phi) is 5.31. The number of carbonyl (C=O) groups excluding carboxylic acids is 1. The average Bonchev–Trinajstić information content (AvgIpc) is 3.63. The van der Waals surface area contributed by atoms with E-state index in [0.717, 1.165) is 11.3 Å². The summed E-state index contributed by atoms with van der Waals surface area (Å²) in [7, 11) is -1.87. The van der Waals surface area contributed by atoms with Crippen molar-refractivity contribution in [2.24, 2.45) is 12.5 Å². The highest BCUT2D eigenvalue weighted by Gasteiger charge is 2.52. The first-order chi connectivity index (χ1) is 17.3. The van der Waals surface area contributed by atoms with Crippen LogP contribution in [0.2, 0.25) is 0 Å². The van der Waals surface area contributed by atoms with E-state index < -0.39 is 20.5 Å². The Labute approximate surface area is 211 Å². The summed E-state index contributed by atoms with van der Waals surface area (Å²) in [5, 5.41) is 10.0. The van der Waals surface area contributed by atoms with Crippen LogP contribution < -0.4 is 0 Å². The molecule has 0 amide bonds. The fourth-order valence-corrected chi connectivity index (χ4v) is 7.91. The molecule has 0 saturated heterocycles. The largest absolute Gasteiger partial charge is 0.356 e. The SMILES string of the molecule is Cn1ccc(S(=O)(=O)[C@H]2CCC3=Cc4c(nnn4-c4ccc(F)cc4)C[C@]3(C(=O)c3nccs3)C2)c1. The Morgan fingerprint density at radius 1 is 1.22 bits per heavy atom. The molecule has 3 heterocycles. The number of Topliss-reactive ketones (excluding diaryl/α,β-unsaturated/α-hetero) is 1. The Morgan fingerprint density at radius 3 is 2.72 bits per heavy atom. The lowest BCUT2D eigenvalue weighted by molar-refractivity contribution is 0.0800. The van der Waals surface area contributed by atoms with E-state index in [4.69, 9.17) is 0 Å². The Hall–Kier alpha value is -3.44.